The maximum absolute atomic E-state index is 6.09. The molecule has 0 aromatic heterocycles. The summed E-state index contributed by atoms with van der Waals surface area (Å²) in [6.07, 6.45) is 0. The first-order chi connectivity index (χ1) is 8.08. The van der Waals surface area contributed by atoms with E-state index in [1.54, 1.807) is 12.1 Å². The molecule has 88 valence electrons. The first-order valence-electron chi connectivity index (χ1n) is 5.15. The molecule has 0 saturated carbocycles. The molecule has 0 heterocycles. The zero-order valence-corrected chi connectivity index (χ0v) is 10.8. The molecule has 2 aromatic carbocycles. The van der Waals surface area contributed by atoms with Gasteiger partial charge in [-0.05, 0) is 42.8 Å². The lowest BCUT2D eigenvalue weighted by molar-refractivity contribution is 1.43. The molecule has 0 fully saturated rings. The van der Waals surface area contributed by atoms with Crippen molar-refractivity contribution in [3.63, 3.8) is 0 Å². The van der Waals surface area contributed by atoms with Crippen molar-refractivity contribution in [3.8, 4) is 0 Å². The van der Waals surface area contributed by atoms with E-state index in [1.165, 1.54) is 0 Å². The van der Waals surface area contributed by atoms with Crippen molar-refractivity contribution in [1.82, 2.24) is 0 Å². The molecule has 0 spiro atoms. The second kappa shape index (κ2) is 4.86. The molecule has 0 atom stereocenters. The highest BCUT2D eigenvalue weighted by Crippen LogP contribution is 2.33. The molecule has 0 aliphatic carbocycles. The molecule has 0 aliphatic heterocycles. The van der Waals surface area contributed by atoms with E-state index in [9.17, 15) is 0 Å². The van der Waals surface area contributed by atoms with Crippen molar-refractivity contribution in [2.24, 2.45) is 0 Å². The summed E-state index contributed by atoms with van der Waals surface area (Å²) in [5, 5.41) is 4.40. The Morgan fingerprint density at radius 3 is 2.29 bits per heavy atom. The summed E-state index contributed by atoms with van der Waals surface area (Å²) in [6.45, 7) is 1.98. The molecule has 2 nitrogen and oxygen atoms in total. The summed E-state index contributed by atoms with van der Waals surface area (Å²) in [7, 11) is 0. The standard InChI is InChI=1S/C13H12Cl2N2/c1-8-7-9(16)5-6-12(8)17-13-10(14)3-2-4-11(13)15/h2-7,17H,16H2,1H3. The van der Waals surface area contributed by atoms with Crippen molar-refractivity contribution in [1.29, 1.82) is 0 Å². The Bertz CT molecular complexity index is 533. The van der Waals surface area contributed by atoms with Crippen LogP contribution in [0.2, 0.25) is 10.0 Å². The van der Waals surface area contributed by atoms with Gasteiger partial charge in [-0.15, -0.1) is 0 Å². The van der Waals surface area contributed by atoms with Crippen LogP contribution in [0, 0.1) is 6.92 Å². The summed E-state index contributed by atoms with van der Waals surface area (Å²) in [5.74, 6) is 0. The van der Waals surface area contributed by atoms with E-state index < -0.39 is 0 Å². The number of benzene rings is 2. The predicted octanol–water partition coefficient (Wildman–Crippen LogP) is 4.63. The number of halogens is 2. The maximum atomic E-state index is 6.09. The van der Waals surface area contributed by atoms with Gasteiger partial charge < -0.3 is 11.1 Å². The first kappa shape index (κ1) is 12.1. The molecule has 0 amide bonds. The summed E-state index contributed by atoms with van der Waals surface area (Å²) in [5.41, 5.74) is 9.13. The monoisotopic (exact) mass is 266 g/mol. The van der Waals surface area contributed by atoms with E-state index >= 15 is 0 Å². The van der Waals surface area contributed by atoms with Crippen LogP contribution < -0.4 is 11.1 Å². The smallest absolute Gasteiger partial charge is 0.0762 e. The van der Waals surface area contributed by atoms with E-state index in [1.807, 2.05) is 31.2 Å². The van der Waals surface area contributed by atoms with Crippen LogP contribution in [0.25, 0.3) is 0 Å². The molecule has 0 bridgehead atoms. The van der Waals surface area contributed by atoms with Crippen LogP contribution in [-0.2, 0) is 0 Å². The molecule has 0 saturated heterocycles. The molecule has 2 rings (SSSR count). The number of hydrogen-bond donors (Lipinski definition) is 2. The van der Waals surface area contributed by atoms with Crippen molar-refractivity contribution in [2.75, 3.05) is 11.1 Å². The highest BCUT2D eigenvalue weighted by atomic mass is 35.5. The van der Waals surface area contributed by atoms with Crippen LogP contribution in [0.15, 0.2) is 36.4 Å². The maximum Gasteiger partial charge on any atom is 0.0762 e. The van der Waals surface area contributed by atoms with Gasteiger partial charge in [-0.1, -0.05) is 29.3 Å². The summed E-state index contributed by atoms with van der Waals surface area (Å²) in [6, 6.07) is 11.0. The van der Waals surface area contributed by atoms with Crippen LogP contribution in [-0.4, -0.2) is 0 Å². The van der Waals surface area contributed by atoms with Gasteiger partial charge in [-0.3, -0.25) is 0 Å². The number of nitrogens with two attached hydrogens (primary N) is 1. The fraction of sp³-hybridized carbons (Fsp3) is 0.0769. The largest absolute Gasteiger partial charge is 0.399 e. The van der Waals surface area contributed by atoms with Crippen LogP contribution in [0.1, 0.15) is 5.56 Å². The van der Waals surface area contributed by atoms with Gasteiger partial charge in [-0.2, -0.15) is 0 Å². The van der Waals surface area contributed by atoms with Gasteiger partial charge in [0.25, 0.3) is 0 Å². The minimum atomic E-state index is 0.591. The van der Waals surface area contributed by atoms with Gasteiger partial charge in [-0.25, -0.2) is 0 Å². The van der Waals surface area contributed by atoms with Crippen LogP contribution >= 0.6 is 23.2 Å². The Morgan fingerprint density at radius 1 is 1.06 bits per heavy atom. The van der Waals surface area contributed by atoms with Crippen molar-refractivity contribution >= 4 is 40.3 Å². The Hall–Kier alpha value is -1.38. The average molecular weight is 267 g/mol. The molecule has 0 aliphatic rings. The second-order valence-corrected chi connectivity index (χ2v) is 4.61. The number of nitrogen functional groups attached to an aromatic ring is 1. The molecule has 2 aromatic rings. The van der Waals surface area contributed by atoms with Gasteiger partial charge >= 0.3 is 0 Å². The lowest BCUT2D eigenvalue weighted by atomic mass is 10.1. The minimum Gasteiger partial charge on any atom is -0.399 e. The zero-order valence-electron chi connectivity index (χ0n) is 9.30. The van der Waals surface area contributed by atoms with E-state index in [0.29, 0.717) is 15.7 Å². The van der Waals surface area contributed by atoms with Gasteiger partial charge in [0.05, 0.1) is 15.7 Å². The second-order valence-electron chi connectivity index (χ2n) is 3.80. The van der Waals surface area contributed by atoms with E-state index in [2.05, 4.69) is 5.32 Å². The summed E-state index contributed by atoms with van der Waals surface area (Å²) >= 11 is 12.2. The lowest BCUT2D eigenvalue weighted by Crippen LogP contribution is -1.96. The SMILES string of the molecule is Cc1cc(N)ccc1Nc1c(Cl)cccc1Cl. The molecule has 3 N–H and O–H groups in total. The predicted molar refractivity (Wildman–Crippen MR) is 75.3 cm³/mol. The van der Waals surface area contributed by atoms with Crippen molar-refractivity contribution in [2.45, 2.75) is 6.92 Å². The van der Waals surface area contributed by atoms with E-state index in [-0.39, 0.29) is 0 Å². The molecular weight excluding hydrogens is 255 g/mol. The van der Waals surface area contributed by atoms with Gasteiger partial charge in [0.1, 0.15) is 0 Å². The van der Waals surface area contributed by atoms with Crippen molar-refractivity contribution < 1.29 is 0 Å². The van der Waals surface area contributed by atoms with Gasteiger partial charge in [0.2, 0.25) is 0 Å². The van der Waals surface area contributed by atoms with Crippen LogP contribution in [0.4, 0.5) is 17.1 Å². The van der Waals surface area contributed by atoms with Gasteiger partial charge in [0, 0.05) is 11.4 Å². The third-order valence-electron chi connectivity index (χ3n) is 2.47. The van der Waals surface area contributed by atoms with Crippen molar-refractivity contribution in [3.05, 3.63) is 52.0 Å². The minimum absolute atomic E-state index is 0.591. The summed E-state index contributed by atoms with van der Waals surface area (Å²) < 4.78 is 0. The molecule has 4 heteroatoms. The Labute approximate surface area is 110 Å². The fourth-order valence-corrected chi connectivity index (χ4v) is 2.07. The molecular formula is C13H12Cl2N2. The number of aryl methyl sites for hydroxylation is 1. The highest BCUT2D eigenvalue weighted by molar-refractivity contribution is 6.39. The number of nitrogens with one attached hydrogen (secondary N) is 1. The molecule has 17 heavy (non-hydrogen) atoms. The van der Waals surface area contributed by atoms with E-state index in [0.717, 1.165) is 16.9 Å². The molecule has 0 radical (unpaired) electrons. The topological polar surface area (TPSA) is 38.0 Å². The Kier molecular flexibility index (Phi) is 3.46. The van der Waals surface area contributed by atoms with Crippen LogP contribution in [0.5, 0.6) is 0 Å². The van der Waals surface area contributed by atoms with Gasteiger partial charge in [0.15, 0.2) is 0 Å². The number of anilines is 3. The average Bonchev–Trinajstić information content (AvgIpc) is 2.26. The first-order valence-corrected chi connectivity index (χ1v) is 5.90. The van der Waals surface area contributed by atoms with E-state index in [4.69, 9.17) is 28.9 Å². The molecule has 0 unspecified atom stereocenters. The number of para-hydroxylation sites is 1. The number of hydrogen-bond acceptors (Lipinski definition) is 2. The quantitative estimate of drug-likeness (QED) is 0.778. The third-order valence-corrected chi connectivity index (χ3v) is 3.10. The third kappa shape index (κ3) is 2.65. The number of rotatable bonds is 2. The van der Waals surface area contributed by atoms with Crippen LogP contribution in [0.3, 0.4) is 0 Å². The Balaban J connectivity index is 2.38. The summed E-state index contributed by atoms with van der Waals surface area (Å²) in [4.78, 5) is 0. The highest BCUT2D eigenvalue weighted by Gasteiger charge is 2.06. The Morgan fingerprint density at radius 2 is 1.71 bits per heavy atom. The normalized spacial score (nSPS) is 10.3. The lowest BCUT2D eigenvalue weighted by Gasteiger charge is -2.12. The zero-order chi connectivity index (χ0) is 12.4. The fourth-order valence-electron chi connectivity index (χ4n) is 1.58.